The summed E-state index contributed by atoms with van der Waals surface area (Å²) < 4.78 is 55.4. The Morgan fingerprint density at radius 3 is 1.11 bits per heavy atom. The van der Waals surface area contributed by atoms with E-state index in [2.05, 4.69) is 0 Å². The van der Waals surface area contributed by atoms with Crippen LogP contribution >= 0.6 is 0 Å². The lowest BCUT2D eigenvalue weighted by atomic mass is 10.5. The second-order valence-electron chi connectivity index (χ2n) is 2.58. The molecule has 0 amide bonds. The van der Waals surface area contributed by atoms with Gasteiger partial charge in [0.15, 0.2) is 0 Å². The van der Waals surface area contributed by atoms with E-state index in [1.807, 2.05) is 0 Å². The van der Waals surface area contributed by atoms with Crippen molar-refractivity contribution < 1.29 is 45.7 Å². The Bertz CT molecular complexity index is 463. The van der Waals surface area contributed by atoms with Crippen molar-refractivity contribution in [3.05, 3.63) is 12.2 Å². The average molecular weight is 306 g/mol. The molecule has 0 radical (unpaired) electrons. The summed E-state index contributed by atoms with van der Waals surface area (Å²) in [6.45, 7) is 0. The smallest absolute Gasteiger partial charge is 0.328 e. The van der Waals surface area contributed by atoms with Crippen molar-refractivity contribution in [2.45, 2.75) is 0 Å². The third-order valence-corrected chi connectivity index (χ3v) is 2.67. The summed E-state index contributed by atoms with van der Waals surface area (Å²) >= 11 is 0. The molecule has 12 heteroatoms. The number of rotatable bonds is 5. The fourth-order valence-corrected chi connectivity index (χ4v) is 2.04. The molecule has 0 rings (SSSR count). The second kappa shape index (κ2) is 7.75. The second-order valence-corrected chi connectivity index (χ2v) is 5.73. The third-order valence-electron chi connectivity index (χ3n) is 0.968. The van der Waals surface area contributed by atoms with E-state index in [4.69, 9.17) is 19.3 Å². The third kappa shape index (κ3) is 24.0. The molecule has 0 unspecified atom stereocenters. The van der Waals surface area contributed by atoms with Crippen molar-refractivity contribution in [2.75, 3.05) is 11.5 Å². The molecule has 0 aromatic heterocycles. The van der Waals surface area contributed by atoms with E-state index in [1.54, 1.807) is 0 Å². The number of carboxylic acid groups (broad SMARTS) is 2. The molecule has 0 fully saturated rings. The van der Waals surface area contributed by atoms with Crippen LogP contribution in [0.1, 0.15) is 0 Å². The molecular formula is C6H10O10S2. The van der Waals surface area contributed by atoms with Crippen molar-refractivity contribution in [2.24, 2.45) is 0 Å². The molecule has 0 bridgehead atoms. The molecule has 0 aliphatic heterocycles. The van der Waals surface area contributed by atoms with Gasteiger partial charge in [-0.1, -0.05) is 0 Å². The van der Waals surface area contributed by atoms with Crippen molar-refractivity contribution >= 4 is 32.2 Å². The van der Waals surface area contributed by atoms with Crippen LogP contribution in [0.3, 0.4) is 0 Å². The van der Waals surface area contributed by atoms with E-state index in [-0.39, 0.29) is 0 Å². The first-order valence-corrected chi connectivity index (χ1v) is 7.09. The molecule has 0 heterocycles. The standard InChI is InChI=1S/C4H4O4.C2H6O6S2/c5-3(6)1-2-4(7)8;3-9(4,5)1-2-10(6,7)8/h1-2H,(H,5,6)(H,7,8);1-2H2,(H,3,4,5)(H,6,7,8)/b2-1+;. The van der Waals surface area contributed by atoms with Gasteiger partial charge in [0.05, 0.1) is 11.5 Å². The van der Waals surface area contributed by atoms with Crippen LogP contribution in [0.25, 0.3) is 0 Å². The molecule has 10 nitrogen and oxygen atoms in total. The van der Waals surface area contributed by atoms with Gasteiger partial charge in [-0.15, -0.1) is 0 Å². The molecular weight excluding hydrogens is 296 g/mol. The Morgan fingerprint density at radius 2 is 1.00 bits per heavy atom. The van der Waals surface area contributed by atoms with E-state index >= 15 is 0 Å². The van der Waals surface area contributed by atoms with Crippen LogP contribution in [-0.4, -0.2) is 59.6 Å². The zero-order chi connectivity index (χ0) is 15.0. The first-order chi connectivity index (χ1) is 7.83. The lowest BCUT2D eigenvalue weighted by Gasteiger charge is -1.92. The predicted molar refractivity (Wildman–Crippen MR) is 57.2 cm³/mol. The Morgan fingerprint density at radius 1 is 0.778 bits per heavy atom. The maximum absolute atomic E-state index is 9.86. The number of hydrogen-bond donors (Lipinski definition) is 4. The highest BCUT2D eigenvalue weighted by Gasteiger charge is 2.11. The van der Waals surface area contributed by atoms with Crippen LogP contribution in [0.5, 0.6) is 0 Å². The van der Waals surface area contributed by atoms with Crippen LogP contribution in [0.15, 0.2) is 12.2 Å². The monoisotopic (exact) mass is 306 g/mol. The lowest BCUT2D eigenvalue weighted by molar-refractivity contribution is -0.134. The highest BCUT2D eigenvalue weighted by Crippen LogP contribution is 1.86. The van der Waals surface area contributed by atoms with Gasteiger partial charge in [0, 0.05) is 12.2 Å². The normalized spacial score (nSPS) is 11.7. The largest absolute Gasteiger partial charge is 0.478 e. The van der Waals surface area contributed by atoms with E-state index in [9.17, 15) is 26.4 Å². The maximum Gasteiger partial charge on any atom is 0.328 e. The summed E-state index contributed by atoms with van der Waals surface area (Å²) in [6.07, 6.45) is 1.12. The lowest BCUT2D eigenvalue weighted by Crippen LogP contribution is -2.15. The number of carbonyl (C=O) groups is 2. The summed E-state index contributed by atoms with van der Waals surface area (Å²) in [5.74, 6) is -4.47. The summed E-state index contributed by atoms with van der Waals surface area (Å²) in [7, 11) is -8.59. The van der Waals surface area contributed by atoms with E-state index in [1.165, 1.54) is 0 Å². The zero-order valence-corrected chi connectivity index (χ0v) is 10.3. The van der Waals surface area contributed by atoms with Gasteiger partial charge in [0.25, 0.3) is 20.2 Å². The minimum Gasteiger partial charge on any atom is -0.478 e. The first kappa shape index (κ1) is 18.9. The highest BCUT2D eigenvalue weighted by molar-refractivity contribution is 7.89. The molecule has 18 heavy (non-hydrogen) atoms. The Kier molecular flexibility index (Phi) is 8.12. The molecule has 4 N–H and O–H groups in total. The van der Waals surface area contributed by atoms with Gasteiger partial charge < -0.3 is 10.2 Å². The molecule has 0 aliphatic carbocycles. The molecule has 0 atom stereocenters. The molecule has 0 spiro atoms. The number of carboxylic acids is 2. The molecule has 0 saturated carbocycles. The van der Waals surface area contributed by atoms with Gasteiger partial charge >= 0.3 is 11.9 Å². The Balaban J connectivity index is 0. The van der Waals surface area contributed by atoms with Gasteiger partial charge in [-0.3, -0.25) is 9.11 Å². The quantitative estimate of drug-likeness (QED) is 0.343. The van der Waals surface area contributed by atoms with Crippen LogP contribution in [0, 0.1) is 0 Å². The van der Waals surface area contributed by atoms with Crippen LogP contribution < -0.4 is 0 Å². The highest BCUT2D eigenvalue weighted by atomic mass is 32.2. The number of hydrogen-bond acceptors (Lipinski definition) is 6. The van der Waals surface area contributed by atoms with Crippen LogP contribution in [-0.2, 0) is 29.8 Å². The average Bonchev–Trinajstić information content (AvgIpc) is 2.10. The van der Waals surface area contributed by atoms with Gasteiger partial charge in [0.2, 0.25) is 0 Å². The van der Waals surface area contributed by atoms with Gasteiger partial charge in [0.1, 0.15) is 0 Å². The topological polar surface area (TPSA) is 183 Å². The van der Waals surface area contributed by atoms with Crippen molar-refractivity contribution in [1.82, 2.24) is 0 Å². The Labute approximate surface area is 102 Å². The van der Waals surface area contributed by atoms with Crippen LogP contribution in [0.4, 0.5) is 0 Å². The number of aliphatic carboxylic acids is 2. The zero-order valence-electron chi connectivity index (χ0n) is 8.62. The summed E-state index contributed by atoms with van der Waals surface area (Å²) in [5.41, 5.74) is 0. The minimum atomic E-state index is -4.30. The van der Waals surface area contributed by atoms with Crippen molar-refractivity contribution in [3.8, 4) is 0 Å². The molecule has 106 valence electrons. The summed E-state index contributed by atoms with van der Waals surface area (Å²) in [5, 5.41) is 15.6. The SMILES string of the molecule is O=C(O)/C=C/C(=O)O.O=S(=O)(O)CCS(=O)(=O)O. The predicted octanol–water partition coefficient (Wildman–Crippen LogP) is -1.53. The fraction of sp³-hybridized carbons (Fsp3) is 0.333. The summed E-state index contributed by atoms with van der Waals surface area (Å²) in [4.78, 5) is 19.1. The molecule has 0 saturated heterocycles. The Hall–Kier alpha value is -1.50. The summed E-state index contributed by atoms with van der Waals surface area (Å²) in [6, 6.07) is 0. The molecule has 0 aromatic rings. The fourth-order valence-electron chi connectivity index (χ4n) is 0.353. The molecule has 0 aromatic carbocycles. The van der Waals surface area contributed by atoms with E-state index in [0.29, 0.717) is 12.2 Å². The maximum atomic E-state index is 9.86. The van der Waals surface area contributed by atoms with Crippen LogP contribution in [0.2, 0.25) is 0 Å². The van der Waals surface area contributed by atoms with E-state index < -0.39 is 43.7 Å². The van der Waals surface area contributed by atoms with Gasteiger partial charge in [-0.25, -0.2) is 9.59 Å². The van der Waals surface area contributed by atoms with E-state index in [0.717, 1.165) is 0 Å². The van der Waals surface area contributed by atoms with Crippen molar-refractivity contribution in [1.29, 1.82) is 0 Å². The molecule has 0 aliphatic rings. The van der Waals surface area contributed by atoms with Crippen molar-refractivity contribution in [3.63, 3.8) is 0 Å². The van der Waals surface area contributed by atoms with Gasteiger partial charge in [-0.2, -0.15) is 16.8 Å². The van der Waals surface area contributed by atoms with Gasteiger partial charge in [-0.05, 0) is 0 Å². The minimum absolute atomic E-state index is 0.558. The first-order valence-electron chi connectivity index (χ1n) is 3.88.